The summed E-state index contributed by atoms with van der Waals surface area (Å²) in [6.07, 6.45) is 7.06. The zero-order valence-electron chi connectivity index (χ0n) is 16.7. The van der Waals surface area contributed by atoms with Crippen LogP contribution in [0.15, 0.2) is 53.7 Å². The maximum atomic E-state index is 11.8. The van der Waals surface area contributed by atoms with Crippen molar-refractivity contribution in [3.63, 3.8) is 0 Å². The van der Waals surface area contributed by atoms with Gasteiger partial charge in [-0.05, 0) is 50.2 Å². The molecule has 0 amide bonds. The van der Waals surface area contributed by atoms with Crippen LogP contribution in [-0.2, 0) is 13.6 Å². The van der Waals surface area contributed by atoms with Gasteiger partial charge in [-0.2, -0.15) is 9.61 Å². The predicted octanol–water partition coefficient (Wildman–Crippen LogP) is 1.66. The topological polar surface area (TPSA) is 94.1 Å². The largest absolute Gasteiger partial charge is 0.299 e. The van der Waals surface area contributed by atoms with Crippen LogP contribution < -0.4 is 5.56 Å². The summed E-state index contributed by atoms with van der Waals surface area (Å²) in [5, 5.41) is 13.5. The third kappa shape index (κ3) is 3.48. The highest BCUT2D eigenvalue weighted by Crippen LogP contribution is 2.28. The van der Waals surface area contributed by atoms with Crippen molar-refractivity contribution < 1.29 is 0 Å². The molecule has 0 bridgehead atoms. The van der Waals surface area contributed by atoms with E-state index in [-0.39, 0.29) is 5.56 Å². The van der Waals surface area contributed by atoms with E-state index >= 15 is 0 Å². The zero-order chi connectivity index (χ0) is 20.5. The molecular formula is C21H22N8O. The van der Waals surface area contributed by atoms with Crippen molar-refractivity contribution in [3.05, 3.63) is 70.9 Å². The molecule has 0 unspecified atom stereocenters. The van der Waals surface area contributed by atoms with Crippen LogP contribution in [-0.4, -0.2) is 52.3 Å². The number of pyridine rings is 1. The third-order valence-electron chi connectivity index (χ3n) is 5.72. The lowest BCUT2D eigenvalue weighted by Gasteiger charge is -2.30. The Bertz CT molecular complexity index is 1220. The monoisotopic (exact) mass is 402 g/mol. The first-order chi connectivity index (χ1) is 14.7. The molecule has 1 aliphatic heterocycles. The van der Waals surface area contributed by atoms with E-state index in [0.29, 0.717) is 12.5 Å². The second kappa shape index (κ2) is 7.75. The number of hydrogen-bond acceptors (Lipinski definition) is 7. The Kier molecular flexibility index (Phi) is 4.80. The van der Waals surface area contributed by atoms with E-state index in [1.807, 2.05) is 35.0 Å². The minimum atomic E-state index is -0.0275. The molecule has 0 radical (unpaired) electrons. The first-order valence-corrected chi connectivity index (χ1v) is 10.0. The van der Waals surface area contributed by atoms with Gasteiger partial charge in [-0.15, -0.1) is 10.2 Å². The van der Waals surface area contributed by atoms with E-state index in [1.165, 1.54) is 6.07 Å². The molecule has 1 saturated heterocycles. The normalized spacial score (nSPS) is 15.6. The summed E-state index contributed by atoms with van der Waals surface area (Å²) in [5.74, 6) is 1.98. The number of hydrogen-bond donors (Lipinski definition) is 0. The quantitative estimate of drug-likeness (QED) is 0.512. The Morgan fingerprint density at radius 3 is 2.73 bits per heavy atom. The molecule has 5 heterocycles. The Balaban J connectivity index is 1.33. The zero-order valence-corrected chi connectivity index (χ0v) is 16.7. The minimum Gasteiger partial charge on any atom is -0.299 e. The van der Waals surface area contributed by atoms with Crippen LogP contribution >= 0.6 is 0 Å². The van der Waals surface area contributed by atoms with E-state index in [2.05, 4.69) is 25.1 Å². The van der Waals surface area contributed by atoms with Crippen LogP contribution in [0.5, 0.6) is 0 Å². The number of piperidine rings is 1. The van der Waals surface area contributed by atoms with Crippen LogP contribution in [0.3, 0.4) is 0 Å². The fourth-order valence-corrected chi connectivity index (χ4v) is 3.94. The lowest BCUT2D eigenvalue weighted by molar-refractivity contribution is 0.194. The van der Waals surface area contributed by atoms with Crippen molar-refractivity contribution in [2.45, 2.75) is 25.3 Å². The summed E-state index contributed by atoms with van der Waals surface area (Å²) in [6, 6.07) is 9.28. The van der Waals surface area contributed by atoms with Crippen LogP contribution in [0.4, 0.5) is 0 Å². The molecule has 5 rings (SSSR count). The molecule has 1 aliphatic rings. The summed E-state index contributed by atoms with van der Waals surface area (Å²) >= 11 is 0. The second-order valence-electron chi connectivity index (χ2n) is 7.60. The van der Waals surface area contributed by atoms with E-state index < -0.39 is 0 Å². The van der Waals surface area contributed by atoms with Gasteiger partial charge in [-0.25, -0.2) is 4.98 Å². The van der Waals surface area contributed by atoms with Crippen molar-refractivity contribution >= 4 is 5.65 Å². The fraction of sp³-hybridized carbons (Fsp3) is 0.333. The van der Waals surface area contributed by atoms with E-state index in [9.17, 15) is 4.79 Å². The fourth-order valence-electron chi connectivity index (χ4n) is 3.94. The molecule has 0 aromatic carbocycles. The number of nitrogens with zero attached hydrogens (tertiary/aromatic N) is 8. The van der Waals surface area contributed by atoms with Gasteiger partial charge >= 0.3 is 0 Å². The molecule has 4 aromatic rings. The van der Waals surface area contributed by atoms with Gasteiger partial charge < -0.3 is 0 Å². The Morgan fingerprint density at radius 1 is 1.07 bits per heavy atom. The lowest BCUT2D eigenvalue weighted by Crippen LogP contribution is -2.35. The minimum absolute atomic E-state index is 0.0275. The molecule has 9 nitrogen and oxygen atoms in total. The number of aromatic nitrogens is 7. The van der Waals surface area contributed by atoms with Crippen molar-refractivity contribution in [2.75, 3.05) is 13.1 Å². The molecule has 152 valence electrons. The van der Waals surface area contributed by atoms with Gasteiger partial charge in [0, 0.05) is 43.2 Å². The summed E-state index contributed by atoms with van der Waals surface area (Å²) < 4.78 is 3.48. The molecule has 0 saturated carbocycles. The average molecular weight is 402 g/mol. The van der Waals surface area contributed by atoms with Crippen LogP contribution in [0.2, 0.25) is 0 Å². The molecular weight excluding hydrogens is 380 g/mol. The van der Waals surface area contributed by atoms with Gasteiger partial charge in [0.25, 0.3) is 5.56 Å². The first kappa shape index (κ1) is 18.6. The highest BCUT2D eigenvalue weighted by Gasteiger charge is 2.26. The molecule has 0 aliphatic carbocycles. The molecule has 0 atom stereocenters. The highest BCUT2D eigenvalue weighted by molar-refractivity contribution is 5.58. The van der Waals surface area contributed by atoms with Crippen molar-refractivity contribution in [2.24, 2.45) is 7.05 Å². The maximum absolute atomic E-state index is 11.8. The van der Waals surface area contributed by atoms with Crippen LogP contribution in [0, 0.1) is 0 Å². The molecule has 0 spiro atoms. The molecule has 4 aromatic heterocycles. The molecule has 9 heteroatoms. The smallest absolute Gasteiger partial charge is 0.253 e. The Hall–Kier alpha value is -3.46. The molecule has 1 fully saturated rings. The van der Waals surface area contributed by atoms with Crippen molar-refractivity contribution in [3.8, 4) is 11.3 Å². The SMILES string of the molecule is Cn1c(CN2CCC(c3nnc4ccc(-c5cccnc5)nn34)CC2)nccc1=O. The Labute approximate surface area is 173 Å². The van der Waals surface area contributed by atoms with E-state index in [4.69, 9.17) is 5.10 Å². The number of fused-ring (bicyclic) bond motifs is 1. The summed E-state index contributed by atoms with van der Waals surface area (Å²) in [7, 11) is 1.77. The van der Waals surface area contributed by atoms with Crippen LogP contribution in [0.1, 0.15) is 30.4 Å². The third-order valence-corrected chi connectivity index (χ3v) is 5.72. The second-order valence-corrected chi connectivity index (χ2v) is 7.60. The van der Waals surface area contributed by atoms with Gasteiger partial charge in [0.05, 0.1) is 12.2 Å². The van der Waals surface area contributed by atoms with Gasteiger partial charge in [-0.3, -0.25) is 19.2 Å². The molecule has 0 N–H and O–H groups in total. The van der Waals surface area contributed by atoms with E-state index in [1.54, 1.807) is 24.0 Å². The number of rotatable bonds is 4. The maximum Gasteiger partial charge on any atom is 0.253 e. The van der Waals surface area contributed by atoms with Crippen molar-refractivity contribution in [1.82, 2.24) is 39.2 Å². The molecule has 30 heavy (non-hydrogen) atoms. The van der Waals surface area contributed by atoms with E-state index in [0.717, 1.165) is 54.5 Å². The summed E-state index contributed by atoms with van der Waals surface area (Å²) in [6.45, 7) is 2.49. The summed E-state index contributed by atoms with van der Waals surface area (Å²) in [4.78, 5) is 22.7. The van der Waals surface area contributed by atoms with Gasteiger partial charge in [0.15, 0.2) is 11.5 Å². The first-order valence-electron chi connectivity index (χ1n) is 10.0. The van der Waals surface area contributed by atoms with Crippen LogP contribution in [0.25, 0.3) is 16.9 Å². The number of likely N-dealkylation sites (tertiary alicyclic amines) is 1. The van der Waals surface area contributed by atoms with Gasteiger partial charge in [0.1, 0.15) is 5.82 Å². The lowest BCUT2D eigenvalue weighted by atomic mass is 9.96. The van der Waals surface area contributed by atoms with Crippen molar-refractivity contribution in [1.29, 1.82) is 0 Å². The standard InChI is InChI=1S/C21H22N8O/c1-27-19(23-10-6-20(27)30)14-28-11-7-15(8-12-28)21-25-24-18-5-4-17(26-29(18)21)16-3-2-9-22-13-16/h2-6,9-10,13,15H,7-8,11-12,14H2,1H3. The Morgan fingerprint density at radius 2 is 1.93 bits per heavy atom. The summed E-state index contributed by atoms with van der Waals surface area (Å²) in [5.41, 5.74) is 2.55. The average Bonchev–Trinajstić information content (AvgIpc) is 3.21. The van der Waals surface area contributed by atoms with Gasteiger partial charge in [0.2, 0.25) is 0 Å². The predicted molar refractivity (Wildman–Crippen MR) is 111 cm³/mol. The highest BCUT2D eigenvalue weighted by atomic mass is 16.1. The van der Waals surface area contributed by atoms with Gasteiger partial charge in [-0.1, -0.05) is 0 Å².